The van der Waals surface area contributed by atoms with Crippen molar-refractivity contribution in [3.8, 4) is 0 Å². The van der Waals surface area contributed by atoms with Crippen LogP contribution in [-0.4, -0.2) is 29.3 Å². The molecule has 2 nitrogen and oxygen atoms in total. The Morgan fingerprint density at radius 2 is 2.25 bits per heavy atom. The van der Waals surface area contributed by atoms with Gasteiger partial charge in [-0.1, -0.05) is 20.3 Å². The van der Waals surface area contributed by atoms with E-state index in [9.17, 15) is 4.79 Å². The van der Waals surface area contributed by atoms with Crippen molar-refractivity contribution in [1.82, 2.24) is 4.90 Å². The van der Waals surface area contributed by atoms with Crippen molar-refractivity contribution < 1.29 is 4.79 Å². The Kier molecular flexibility index (Phi) is 6.18. The van der Waals surface area contributed by atoms with Crippen LogP contribution in [0.25, 0.3) is 0 Å². The van der Waals surface area contributed by atoms with Crippen LogP contribution in [0.5, 0.6) is 0 Å². The van der Waals surface area contributed by atoms with Gasteiger partial charge >= 0.3 is 0 Å². The zero-order chi connectivity index (χ0) is 12.0. The lowest BCUT2D eigenvalue weighted by Gasteiger charge is -2.36. The molecule has 1 aliphatic heterocycles. The fraction of sp³-hybridized carbons (Fsp3) is 0.923. The second kappa shape index (κ2) is 7.16. The van der Waals surface area contributed by atoms with E-state index in [1.165, 1.54) is 6.42 Å². The lowest BCUT2D eigenvalue weighted by atomic mass is 9.97. The molecule has 0 aromatic carbocycles. The summed E-state index contributed by atoms with van der Waals surface area (Å²) in [7, 11) is 0. The lowest BCUT2D eigenvalue weighted by molar-refractivity contribution is -0.135. The van der Waals surface area contributed by atoms with Crippen molar-refractivity contribution in [1.29, 1.82) is 0 Å². The van der Waals surface area contributed by atoms with Crippen LogP contribution in [0.1, 0.15) is 52.4 Å². The summed E-state index contributed by atoms with van der Waals surface area (Å²) in [5.41, 5.74) is 0. The molecule has 1 fully saturated rings. The lowest BCUT2D eigenvalue weighted by Crippen LogP contribution is -2.44. The molecule has 0 radical (unpaired) electrons. The second-order valence-electron chi connectivity index (χ2n) is 4.93. The Hall–Kier alpha value is -0.240. The summed E-state index contributed by atoms with van der Waals surface area (Å²) >= 11 is 5.80. The van der Waals surface area contributed by atoms with Gasteiger partial charge in [0.2, 0.25) is 5.91 Å². The van der Waals surface area contributed by atoms with E-state index in [1.54, 1.807) is 0 Å². The summed E-state index contributed by atoms with van der Waals surface area (Å²) in [5.74, 6) is 1.51. The van der Waals surface area contributed by atoms with Crippen LogP contribution in [0, 0.1) is 5.92 Å². The van der Waals surface area contributed by atoms with Crippen molar-refractivity contribution in [2.24, 2.45) is 5.92 Å². The van der Waals surface area contributed by atoms with Crippen molar-refractivity contribution in [3.05, 3.63) is 0 Å². The number of nitrogens with zero attached hydrogens (tertiary/aromatic N) is 1. The summed E-state index contributed by atoms with van der Waals surface area (Å²) in [6.07, 6.45) is 6.28. The van der Waals surface area contributed by atoms with E-state index < -0.39 is 0 Å². The van der Waals surface area contributed by atoms with Crippen molar-refractivity contribution in [2.45, 2.75) is 58.4 Å². The molecule has 0 N–H and O–H groups in total. The van der Waals surface area contributed by atoms with E-state index in [4.69, 9.17) is 11.6 Å². The molecule has 1 aliphatic rings. The number of alkyl halides is 1. The average molecular weight is 246 g/mol. The van der Waals surface area contributed by atoms with Gasteiger partial charge in [-0.15, -0.1) is 11.6 Å². The van der Waals surface area contributed by atoms with Crippen LogP contribution in [0.15, 0.2) is 0 Å². The normalized spacial score (nSPS) is 23.2. The first-order valence-electron chi connectivity index (χ1n) is 6.54. The molecule has 0 spiro atoms. The number of hydrogen-bond donors (Lipinski definition) is 0. The molecule has 1 amide bonds. The third-order valence-corrected chi connectivity index (χ3v) is 3.83. The minimum absolute atomic E-state index is 0.337. The SMILES string of the molecule is CCC(C)CC(=O)N1CCCCC1CCCl. The quantitative estimate of drug-likeness (QED) is 0.680. The van der Waals surface area contributed by atoms with Gasteiger partial charge in [0.05, 0.1) is 0 Å². The van der Waals surface area contributed by atoms with E-state index in [-0.39, 0.29) is 0 Å². The molecule has 3 heteroatoms. The van der Waals surface area contributed by atoms with Gasteiger partial charge in [-0.25, -0.2) is 0 Å². The summed E-state index contributed by atoms with van der Waals surface area (Å²) in [4.78, 5) is 14.2. The minimum Gasteiger partial charge on any atom is -0.340 e. The van der Waals surface area contributed by atoms with E-state index in [0.29, 0.717) is 30.2 Å². The Labute approximate surface area is 104 Å². The molecule has 0 aromatic rings. The molecule has 1 saturated heterocycles. The molecule has 1 heterocycles. The molecular formula is C13H24ClNO. The number of carbonyl (C=O) groups is 1. The van der Waals surface area contributed by atoms with Crippen LogP contribution in [0.4, 0.5) is 0 Å². The Balaban J connectivity index is 2.50. The maximum atomic E-state index is 12.1. The number of rotatable bonds is 5. The number of piperidine rings is 1. The van der Waals surface area contributed by atoms with Crippen molar-refractivity contribution >= 4 is 17.5 Å². The predicted molar refractivity (Wildman–Crippen MR) is 68.8 cm³/mol. The molecular weight excluding hydrogens is 222 g/mol. The third kappa shape index (κ3) is 3.97. The van der Waals surface area contributed by atoms with Gasteiger partial charge in [-0.2, -0.15) is 0 Å². The topological polar surface area (TPSA) is 20.3 Å². The number of carbonyl (C=O) groups excluding carboxylic acids is 1. The number of likely N-dealkylation sites (tertiary alicyclic amines) is 1. The molecule has 94 valence electrons. The van der Waals surface area contributed by atoms with Crippen LogP contribution in [-0.2, 0) is 4.79 Å². The highest BCUT2D eigenvalue weighted by atomic mass is 35.5. The summed E-state index contributed by atoms with van der Waals surface area (Å²) < 4.78 is 0. The Morgan fingerprint density at radius 1 is 1.50 bits per heavy atom. The van der Waals surface area contributed by atoms with Gasteiger partial charge < -0.3 is 4.90 Å². The van der Waals surface area contributed by atoms with Gasteiger partial charge in [0.15, 0.2) is 0 Å². The Bertz CT molecular complexity index is 218. The molecule has 2 unspecified atom stereocenters. The molecule has 0 saturated carbocycles. The predicted octanol–water partition coefficient (Wildman–Crippen LogP) is 3.43. The fourth-order valence-corrected chi connectivity index (χ4v) is 2.57. The zero-order valence-electron chi connectivity index (χ0n) is 10.5. The van der Waals surface area contributed by atoms with Gasteiger partial charge in [0.25, 0.3) is 0 Å². The van der Waals surface area contributed by atoms with Crippen LogP contribution >= 0.6 is 11.6 Å². The molecule has 0 aliphatic carbocycles. The summed E-state index contributed by atoms with van der Waals surface area (Å²) in [5, 5.41) is 0. The number of hydrogen-bond acceptors (Lipinski definition) is 1. The first-order valence-corrected chi connectivity index (χ1v) is 7.07. The second-order valence-corrected chi connectivity index (χ2v) is 5.31. The van der Waals surface area contributed by atoms with Gasteiger partial charge in [0, 0.05) is 24.9 Å². The largest absolute Gasteiger partial charge is 0.340 e. The van der Waals surface area contributed by atoms with Crippen molar-refractivity contribution in [2.75, 3.05) is 12.4 Å². The minimum atomic E-state index is 0.337. The Morgan fingerprint density at radius 3 is 2.88 bits per heavy atom. The highest BCUT2D eigenvalue weighted by Crippen LogP contribution is 2.22. The first kappa shape index (κ1) is 13.8. The number of amides is 1. The van der Waals surface area contributed by atoms with Crippen LogP contribution in [0.3, 0.4) is 0 Å². The first-order chi connectivity index (χ1) is 7.69. The fourth-order valence-electron chi connectivity index (χ4n) is 2.31. The van der Waals surface area contributed by atoms with E-state index in [2.05, 4.69) is 18.7 Å². The third-order valence-electron chi connectivity index (χ3n) is 3.61. The molecule has 2 atom stereocenters. The smallest absolute Gasteiger partial charge is 0.223 e. The highest BCUT2D eigenvalue weighted by Gasteiger charge is 2.26. The molecule has 16 heavy (non-hydrogen) atoms. The maximum absolute atomic E-state index is 12.1. The van der Waals surface area contributed by atoms with Crippen LogP contribution in [0.2, 0.25) is 0 Å². The van der Waals surface area contributed by atoms with E-state index in [0.717, 1.165) is 32.2 Å². The van der Waals surface area contributed by atoms with Crippen LogP contribution < -0.4 is 0 Å². The van der Waals surface area contributed by atoms with Gasteiger partial charge in [0.1, 0.15) is 0 Å². The number of halogens is 1. The standard InChI is InChI=1S/C13H24ClNO/c1-3-11(2)10-13(16)15-9-5-4-6-12(15)7-8-14/h11-12H,3-10H2,1-2H3. The van der Waals surface area contributed by atoms with E-state index in [1.807, 2.05) is 0 Å². The average Bonchev–Trinajstić information content (AvgIpc) is 2.30. The summed E-state index contributed by atoms with van der Waals surface area (Å²) in [6.45, 7) is 5.24. The maximum Gasteiger partial charge on any atom is 0.223 e. The monoisotopic (exact) mass is 245 g/mol. The molecule has 0 bridgehead atoms. The highest BCUT2D eigenvalue weighted by molar-refractivity contribution is 6.17. The zero-order valence-corrected chi connectivity index (χ0v) is 11.3. The van der Waals surface area contributed by atoms with Gasteiger partial charge in [-0.05, 0) is 31.6 Å². The molecule has 1 rings (SSSR count). The van der Waals surface area contributed by atoms with E-state index >= 15 is 0 Å². The molecule has 0 aromatic heterocycles. The van der Waals surface area contributed by atoms with Crippen molar-refractivity contribution in [3.63, 3.8) is 0 Å². The van der Waals surface area contributed by atoms with Gasteiger partial charge in [-0.3, -0.25) is 4.79 Å². The summed E-state index contributed by atoms with van der Waals surface area (Å²) in [6, 6.07) is 0.405.